The van der Waals surface area contributed by atoms with Crippen molar-refractivity contribution >= 4 is 0 Å². The molecule has 0 aliphatic rings. The van der Waals surface area contributed by atoms with Gasteiger partial charge in [-0.15, -0.1) is 0 Å². The Labute approximate surface area is 96.4 Å². The van der Waals surface area contributed by atoms with Gasteiger partial charge in [0.15, 0.2) is 0 Å². The minimum absolute atomic E-state index is 0.223. The summed E-state index contributed by atoms with van der Waals surface area (Å²) in [5.74, 6) is 1.28. The van der Waals surface area contributed by atoms with Crippen molar-refractivity contribution in [1.29, 1.82) is 0 Å². The molecule has 0 aromatic carbocycles. The fourth-order valence-electron chi connectivity index (χ4n) is 1.33. The first-order valence-corrected chi connectivity index (χ1v) is 5.62. The standard InChI is InChI=1S/C11H21N3O2/c1-6-15-11(4,5)10-13-9(16-14-10)8(12)7(2)3/h7-8H,6,12H2,1-5H3/t8-/m0/s1. The number of nitrogens with zero attached hydrogens (tertiary/aromatic N) is 2. The van der Waals surface area contributed by atoms with Gasteiger partial charge in [0.05, 0.1) is 6.04 Å². The fraction of sp³-hybridized carbons (Fsp3) is 0.818. The van der Waals surface area contributed by atoms with Crippen LogP contribution in [0.3, 0.4) is 0 Å². The lowest BCUT2D eigenvalue weighted by atomic mass is 10.1. The lowest BCUT2D eigenvalue weighted by molar-refractivity contribution is -0.0221. The monoisotopic (exact) mass is 227 g/mol. The van der Waals surface area contributed by atoms with Crippen LogP contribution in [0.1, 0.15) is 52.4 Å². The van der Waals surface area contributed by atoms with Gasteiger partial charge in [-0.2, -0.15) is 4.98 Å². The van der Waals surface area contributed by atoms with Crippen LogP contribution >= 0.6 is 0 Å². The average molecular weight is 227 g/mol. The quantitative estimate of drug-likeness (QED) is 0.832. The molecule has 0 amide bonds. The molecule has 1 aromatic heterocycles. The maximum atomic E-state index is 5.93. The van der Waals surface area contributed by atoms with E-state index in [1.54, 1.807) is 0 Å². The van der Waals surface area contributed by atoms with Crippen molar-refractivity contribution in [2.24, 2.45) is 11.7 Å². The molecule has 16 heavy (non-hydrogen) atoms. The molecular formula is C11H21N3O2. The molecule has 0 saturated carbocycles. The molecule has 0 radical (unpaired) electrons. The van der Waals surface area contributed by atoms with Gasteiger partial charge in [0.2, 0.25) is 11.7 Å². The molecule has 0 unspecified atom stereocenters. The van der Waals surface area contributed by atoms with Crippen molar-refractivity contribution in [1.82, 2.24) is 10.1 Å². The van der Waals surface area contributed by atoms with Gasteiger partial charge in [-0.05, 0) is 26.7 Å². The summed E-state index contributed by atoms with van der Waals surface area (Å²) >= 11 is 0. The predicted octanol–water partition coefficient (Wildman–Crippen LogP) is 2.00. The highest BCUT2D eigenvalue weighted by Gasteiger charge is 2.28. The number of ether oxygens (including phenoxy) is 1. The van der Waals surface area contributed by atoms with Gasteiger partial charge >= 0.3 is 0 Å². The maximum Gasteiger partial charge on any atom is 0.243 e. The van der Waals surface area contributed by atoms with Gasteiger partial charge < -0.3 is 15.0 Å². The molecule has 0 spiro atoms. The first-order valence-electron chi connectivity index (χ1n) is 5.62. The summed E-state index contributed by atoms with van der Waals surface area (Å²) in [6.45, 7) is 10.4. The normalized spacial score (nSPS) is 14.4. The molecule has 1 rings (SSSR count). The molecule has 5 nitrogen and oxygen atoms in total. The van der Waals surface area contributed by atoms with E-state index in [-0.39, 0.29) is 12.0 Å². The summed E-state index contributed by atoms with van der Waals surface area (Å²) in [6.07, 6.45) is 0. The average Bonchev–Trinajstić information content (AvgIpc) is 2.65. The van der Waals surface area contributed by atoms with Gasteiger partial charge in [0, 0.05) is 6.61 Å². The number of nitrogens with two attached hydrogens (primary N) is 1. The molecule has 0 aliphatic carbocycles. The molecule has 0 fully saturated rings. The largest absolute Gasteiger partial charge is 0.368 e. The van der Waals surface area contributed by atoms with Gasteiger partial charge in [-0.25, -0.2) is 0 Å². The Bertz CT molecular complexity index is 334. The van der Waals surface area contributed by atoms with Crippen LogP contribution in [0.4, 0.5) is 0 Å². The van der Waals surface area contributed by atoms with E-state index in [0.29, 0.717) is 18.3 Å². The van der Waals surface area contributed by atoms with E-state index in [2.05, 4.69) is 10.1 Å². The van der Waals surface area contributed by atoms with Gasteiger partial charge in [-0.1, -0.05) is 19.0 Å². The molecule has 2 N–H and O–H groups in total. The highest BCUT2D eigenvalue weighted by molar-refractivity contribution is 5.00. The zero-order valence-corrected chi connectivity index (χ0v) is 10.7. The Kier molecular flexibility index (Phi) is 4.04. The number of hydrogen-bond acceptors (Lipinski definition) is 5. The minimum atomic E-state index is -0.535. The van der Waals surface area contributed by atoms with E-state index in [1.165, 1.54) is 0 Å². The van der Waals surface area contributed by atoms with Crippen LogP contribution in [0.15, 0.2) is 4.52 Å². The molecule has 1 atom stereocenters. The summed E-state index contributed by atoms with van der Waals surface area (Å²) < 4.78 is 10.7. The summed E-state index contributed by atoms with van der Waals surface area (Å²) in [7, 11) is 0. The minimum Gasteiger partial charge on any atom is -0.368 e. The second-order valence-corrected chi connectivity index (χ2v) is 4.67. The van der Waals surface area contributed by atoms with Crippen LogP contribution in [0.25, 0.3) is 0 Å². The van der Waals surface area contributed by atoms with Gasteiger partial charge in [-0.3, -0.25) is 0 Å². The van der Waals surface area contributed by atoms with Crippen LogP contribution in [-0.4, -0.2) is 16.7 Å². The second-order valence-electron chi connectivity index (χ2n) is 4.67. The molecule has 5 heteroatoms. The lowest BCUT2D eigenvalue weighted by Crippen LogP contribution is -2.24. The van der Waals surface area contributed by atoms with Crippen LogP contribution in [0.5, 0.6) is 0 Å². The van der Waals surface area contributed by atoms with E-state index in [1.807, 2.05) is 34.6 Å². The third-order valence-corrected chi connectivity index (χ3v) is 2.49. The van der Waals surface area contributed by atoms with E-state index >= 15 is 0 Å². The van der Waals surface area contributed by atoms with Crippen LogP contribution in [0.2, 0.25) is 0 Å². The van der Waals surface area contributed by atoms with Crippen LogP contribution in [0, 0.1) is 5.92 Å². The Morgan fingerprint density at radius 1 is 1.44 bits per heavy atom. The van der Waals surface area contributed by atoms with Crippen LogP contribution in [-0.2, 0) is 10.3 Å². The van der Waals surface area contributed by atoms with Crippen molar-refractivity contribution in [2.45, 2.75) is 46.3 Å². The van der Waals surface area contributed by atoms with Gasteiger partial charge in [0.25, 0.3) is 0 Å². The third kappa shape index (κ3) is 2.80. The van der Waals surface area contributed by atoms with Crippen molar-refractivity contribution in [2.75, 3.05) is 6.61 Å². The highest BCUT2D eigenvalue weighted by atomic mass is 16.5. The molecule has 0 aliphatic heterocycles. The third-order valence-electron chi connectivity index (χ3n) is 2.49. The topological polar surface area (TPSA) is 74.2 Å². The van der Waals surface area contributed by atoms with Gasteiger partial charge in [0.1, 0.15) is 5.60 Å². The second kappa shape index (κ2) is 4.93. The molecular weight excluding hydrogens is 206 g/mol. The first-order chi connectivity index (χ1) is 7.38. The summed E-state index contributed by atoms with van der Waals surface area (Å²) in [6, 6.07) is -0.223. The van der Waals surface area contributed by atoms with E-state index in [9.17, 15) is 0 Å². The van der Waals surface area contributed by atoms with Crippen molar-refractivity contribution in [3.05, 3.63) is 11.7 Å². The lowest BCUT2D eigenvalue weighted by Gasteiger charge is -2.19. The zero-order valence-electron chi connectivity index (χ0n) is 10.7. The summed E-state index contributed by atoms with van der Waals surface area (Å²) in [4.78, 5) is 4.29. The molecule has 92 valence electrons. The zero-order chi connectivity index (χ0) is 12.3. The maximum absolute atomic E-state index is 5.93. The number of hydrogen-bond donors (Lipinski definition) is 1. The first kappa shape index (κ1) is 13.1. The Hall–Kier alpha value is -0.940. The smallest absolute Gasteiger partial charge is 0.243 e. The Balaban J connectivity index is 2.86. The van der Waals surface area contributed by atoms with Crippen molar-refractivity contribution < 1.29 is 9.26 Å². The fourth-order valence-corrected chi connectivity index (χ4v) is 1.33. The summed E-state index contributed by atoms with van der Waals surface area (Å²) in [5, 5.41) is 3.92. The number of aromatic nitrogens is 2. The Morgan fingerprint density at radius 2 is 2.06 bits per heavy atom. The summed E-state index contributed by atoms with van der Waals surface area (Å²) in [5.41, 5.74) is 5.40. The molecule has 0 saturated heterocycles. The molecule has 0 bridgehead atoms. The number of rotatable bonds is 5. The van der Waals surface area contributed by atoms with E-state index < -0.39 is 5.60 Å². The predicted molar refractivity (Wildman–Crippen MR) is 60.7 cm³/mol. The Morgan fingerprint density at radius 3 is 2.56 bits per heavy atom. The SMILES string of the molecule is CCOC(C)(C)c1noc([C@@H](N)C(C)C)n1. The molecule has 1 aromatic rings. The molecule has 1 heterocycles. The van der Waals surface area contributed by atoms with Crippen LogP contribution < -0.4 is 5.73 Å². The van der Waals surface area contributed by atoms with Crippen molar-refractivity contribution in [3.63, 3.8) is 0 Å². The van der Waals surface area contributed by atoms with Crippen molar-refractivity contribution in [3.8, 4) is 0 Å². The van der Waals surface area contributed by atoms with E-state index in [0.717, 1.165) is 0 Å². The van der Waals surface area contributed by atoms with E-state index in [4.69, 9.17) is 15.0 Å². The highest BCUT2D eigenvalue weighted by Crippen LogP contribution is 2.24.